The Kier molecular flexibility index (Phi) is 8.00. The van der Waals surface area contributed by atoms with E-state index in [1.807, 2.05) is 18.2 Å². The van der Waals surface area contributed by atoms with E-state index in [9.17, 15) is 4.79 Å². The van der Waals surface area contributed by atoms with Crippen LogP contribution in [0.1, 0.15) is 81.1 Å². The van der Waals surface area contributed by atoms with Crippen LogP contribution in [0, 0.1) is 0 Å². The molecule has 1 aromatic carbocycles. The predicted molar refractivity (Wildman–Crippen MR) is 126 cm³/mol. The summed E-state index contributed by atoms with van der Waals surface area (Å²) in [4.78, 5) is 15.4. The summed E-state index contributed by atoms with van der Waals surface area (Å²) in [5, 5.41) is 0. The molecule has 2 aliphatic carbocycles. The Morgan fingerprint density at radius 2 is 1.58 bits per heavy atom. The first-order valence-electron chi connectivity index (χ1n) is 11.6. The van der Waals surface area contributed by atoms with Crippen LogP contribution in [-0.2, 0) is 9.47 Å². The Bertz CT molecular complexity index is 842. The van der Waals surface area contributed by atoms with Gasteiger partial charge in [0.2, 0.25) is 0 Å². The predicted octanol–water partition coefficient (Wildman–Crippen LogP) is 6.36. The molecule has 3 rings (SSSR count). The fraction of sp³-hybridized carbons (Fsp3) is 0.519. The van der Waals surface area contributed by atoms with Crippen LogP contribution < -0.4 is 0 Å². The average molecular weight is 424 g/mol. The number of amides is 1. The first-order valence-corrected chi connectivity index (χ1v) is 11.6. The summed E-state index contributed by atoms with van der Waals surface area (Å²) in [7, 11) is 3.33. The van der Waals surface area contributed by atoms with E-state index in [0.717, 1.165) is 36.3 Å². The quantitative estimate of drug-likeness (QED) is 0.512. The standard InChI is InChI=1S/C27H37NO3/c1-19(2)28(24-11-7-6-8-12-24)27(29)22-16-14-21(15-17-22)20(3)23-10-9-13-25(30-4)26(18-23)31-5/h10,13-20,24H,6-9,11-12H2,1-5H3. The van der Waals surface area contributed by atoms with Crippen LogP contribution in [0.5, 0.6) is 0 Å². The van der Waals surface area contributed by atoms with Gasteiger partial charge in [-0.25, -0.2) is 0 Å². The first-order chi connectivity index (χ1) is 15.0. The Morgan fingerprint density at radius 3 is 2.16 bits per heavy atom. The van der Waals surface area contributed by atoms with Gasteiger partial charge in [-0.15, -0.1) is 0 Å². The van der Waals surface area contributed by atoms with Crippen LogP contribution in [0.15, 0.2) is 59.6 Å². The van der Waals surface area contributed by atoms with Gasteiger partial charge in [0, 0.05) is 23.6 Å². The van der Waals surface area contributed by atoms with Gasteiger partial charge in [-0.05, 0) is 68.5 Å². The van der Waals surface area contributed by atoms with Crippen molar-refractivity contribution in [3.05, 3.63) is 70.7 Å². The van der Waals surface area contributed by atoms with E-state index in [4.69, 9.17) is 9.47 Å². The monoisotopic (exact) mass is 423 g/mol. The fourth-order valence-corrected chi connectivity index (χ4v) is 4.77. The van der Waals surface area contributed by atoms with E-state index in [1.54, 1.807) is 14.2 Å². The van der Waals surface area contributed by atoms with E-state index >= 15 is 0 Å². The second kappa shape index (κ2) is 10.7. The molecule has 4 nitrogen and oxygen atoms in total. The Labute approximate surface area is 187 Å². The second-order valence-corrected chi connectivity index (χ2v) is 8.87. The number of allylic oxidation sites excluding steroid dienone is 4. The fourth-order valence-electron chi connectivity index (χ4n) is 4.77. The number of carbonyl (C=O) groups excluding carboxylic acids is 1. The highest BCUT2D eigenvalue weighted by Crippen LogP contribution is 2.31. The average Bonchev–Trinajstić information content (AvgIpc) is 3.01. The van der Waals surface area contributed by atoms with Gasteiger partial charge in [0.25, 0.3) is 5.91 Å². The molecule has 0 bridgehead atoms. The van der Waals surface area contributed by atoms with Crippen molar-refractivity contribution in [3.8, 4) is 0 Å². The molecule has 0 N–H and O–H groups in total. The zero-order valence-corrected chi connectivity index (χ0v) is 19.7. The van der Waals surface area contributed by atoms with E-state index in [-0.39, 0.29) is 17.9 Å². The molecule has 1 unspecified atom stereocenters. The van der Waals surface area contributed by atoms with Crippen LogP contribution in [0.2, 0.25) is 0 Å². The third-order valence-electron chi connectivity index (χ3n) is 6.55. The van der Waals surface area contributed by atoms with Crippen LogP contribution in [-0.4, -0.2) is 37.1 Å². The van der Waals surface area contributed by atoms with Gasteiger partial charge in [0.1, 0.15) is 0 Å². The van der Waals surface area contributed by atoms with E-state index in [0.29, 0.717) is 6.04 Å². The number of nitrogens with zero attached hydrogens (tertiary/aromatic N) is 1. The molecule has 1 amide bonds. The lowest BCUT2D eigenvalue weighted by molar-refractivity contribution is 0.0555. The van der Waals surface area contributed by atoms with Crippen LogP contribution in [0.4, 0.5) is 0 Å². The van der Waals surface area contributed by atoms with Crippen LogP contribution in [0.25, 0.3) is 0 Å². The maximum Gasteiger partial charge on any atom is 0.254 e. The molecular weight excluding hydrogens is 386 g/mol. The number of hydrogen-bond acceptors (Lipinski definition) is 3. The molecule has 0 radical (unpaired) electrons. The van der Waals surface area contributed by atoms with Gasteiger partial charge in [-0.2, -0.15) is 0 Å². The molecule has 1 aromatic rings. The molecule has 0 aromatic heterocycles. The summed E-state index contributed by atoms with van der Waals surface area (Å²) in [5.41, 5.74) is 3.15. The molecule has 1 atom stereocenters. The lowest BCUT2D eigenvalue weighted by Crippen LogP contribution is -2.45. The maximum absolute atomic E-state index is 13.3. The summed E-state index contributed by atoms with van der Waals surface area (Å²) < 4.78 is 11.0. The van der Waals surface area contributed by atoms with Crippen molar-refractivity contribution < 1.29 is 14.3 Å². The lowest BCUT2D eigenvalue weighted by Gasteiger charge is -2.37. The van der Waals surface area contributed by atoms with Gasteiger partial charge in [-0.1, -0.05) is 44.4 Å². The summed E-state index contributed by atoms with van der Waals surface area (Å²) in [6.45, 7) is 6.44. The van der Waals surface area contributed by atoms with Crippen LogP contribution >= 0.6 is 0 Å². The van der Waals surface area contributed by atoms with Crippen molar-refractivity contribution in [1.29, 1.82) is 0 Å². The van der Waals surface area contributed by atoms with Crippen molar-refractivity contribution in [3.63, 3.8) is 0 Å². The first kappa shape index (κ1) is 23.2. The van der Waals surface area contributed by atoms with Gasteiger partial charge in [-0.3, -0.25) is 4.79 Å². The molecular formula is C27H37NO3. The van der Waals surface area contributed by atoms with Crippen molar-refractivity contribution in [2.75, 3.05) is 14.2 Å². The minimum absolute atomic E-state index is 0.158. The molecule has 1 saturated carbocycles. The highest BCUT2D eigenvalue weighted by atomic mass is 16.5. The molecule has 168 valence electrons. The van der Waals surface area contributed by atoms with Gasteiger partial charge in [0.15, 0.2) is 11.5 Å². The highest BCUT2D eigenvalue weighted by Gasteiger charge is 2.28. The van der Waals surface area contributed by atoms with Gasteiger partial charge < -0.3 is 14.4 Å². The molecule has 1 fully saturated rings. The maximum atomic E-state index is 13.3. The molecule has 0 saturated heterocycles. The number of rotatable bonds is 7. The summed E-state index contributed by atoms with van der Waals surface area (Å²) >= 11 is 0. The van der Waals surface area contributed by atoms with Crippen molar-refractivity contribution in [2.45, 2.75) is 77.3 Å². The van der Waals surface area contributed by atoms with Crippen molar-refractivity contribution in [1.82, 2.24) is 4.90 Å². The molecule has 0 heterocycles. The molecule has 4 heteroatoms. The largest absolute Gasteiger partial charge is 0.493 e. The van der Waals surface area contributed by atoms with E-state index < -0.39 is 0 Å². The summed E-state index contributed by atoms with van der Waals surface area (Å²) in [6, 6.07) is 8.75. The zero-order chi connectivity index (χ0) is 22.4. The molecule has 31 heavy (non-hydrogen) atoms. The highest BCUT2D eigenvalue weighted by molar-refractivity contribution is 5.94. The molecule has 0 spiro atoms. The number of methoxy groups -OCH3 is 2. The Hall–Kier alpha value is -2.49. The van der Waals surface area contributed by atoms with Gasteiger partial charge in [0.05, 0.1) is 14.2 Å². The minimum Gasteiger partial charge on any atom is -0.493 e. The van der Waals surface area contributed by atoms with E-state index in [2.05, 4.69) is 50.0 Å². The second-order valence-electron chi connectivity index (χ2n) is 8.87. The lowest BCUT2D eigenvalue weighted by atomic mass is 9.90. The zero-order valence-electron chi connectivity index (χ0n) is 19.7. The van der Waals surface area contributed by atoms with Crippen molar-refractivity contribution >= 4 is 5.91 Å². The van der Waals surface area contributed by atoms with Gasteiger partial charge >= 0.3 is 0 Å². The smallest absolute Gasteiger partial charge is 0.254 e. The number of benzene rings is 1. The number of hydrogen-bond donors (Lipinski definition) is 0. The number of ether oxygens (including phenoxy) is 2. The SMILES string of the molecule is COC1=CCC=C(C(C)c2ccc(C(=O)N(C(C)C)C3CCCCC3)cc2)C=C1OC. The topological polar surface area (TPSA) is 38.8 Å². The summed E-state index contributed by atoms with van der Waals surface area (Å²) in [6.07, 6.45) is 13.1. The van der Waals surface area contributed by atoms with Crippen molar-refractivity contribution in [2.24, 2.45) is 0 Å². The third kappa shape index (κ3) is 5.41. The molecule has 2 aliphatic rings. The third-order valence-corrected chi connectivity index (χ3v) is 6.55. The van der Waals surface area contributed by atoms with Crippen LogP contribution in [0.3, 0.4) is 0 Å². The Balaban J connectivity index is 1.77. The molecule has 0 aliphatic heterocycles. The Morgan fingerprint density at radius 1 is 0.935 bits per heavy atom. The normalized spacial score (nSPS) is 18.5. The number of carbonyl (C=O) groups is 1. The van der Waals surface area contributed by atoms with E-state index in [1.165, 1.54) is 30.4 Å². The minimum atomic E-state index is 0.158. The summed E-state index contributed by atoms with van der Waals surface area (Å²) in [5.74, 6) is 1.85.